The first-order valence-corrected chi connectivity index (χ1v) is 4.61. The lowest BCUT2D eigenvalue weighted by molar-refractivity contribution is -0.167. The monoisotopic (exact) mass is 173 g/mol. The van der Waals surface area contributed by atoms with Crippen LogP contribution >= 0.6 is 0 Å². The molecule has 0 aromatic carbocycles. The Bertz CT molecular complexity index is 151. The van der Waals surface area contributed by atoms with Gasteiger partial charge in [-0.1, -0.05) is 13.8 Å². The van der Waals surface area contributed by atoms with Crippen molar-refractivity contribution in [2.24, 2.45) is 17.6 Å². The zero-order valence-corrected chi connectivity index (χ0v) is 7.92. The van der Waals surface area contributed by atoms with Gasteiger partial charge in [0.1, 0.15) is 0 Å². The molecule has 3 atom stereocenters. The Labute approximate surface area is 73.9 Å². The zero-order chi connectivity index (χ0) is 9.19. The third-order valence-corrected chi connectivity index (χ3v) is 3.18. The summed E-state index contributed by atoms with van der Waals surface area (Å²) in [6, 6.07) is 0. The summed E-state index contributed by atoms with van der Waals surface area (Å²) in [7, 11) is 0. The van der Waals surface area contributed by atoms with E-state index in [9.17, 15) is 0 Å². The molecule has 12 heavy (non-hydrogen) atoms. The molecule has 1 aliphatic carbocycles. The van der Waals surface area contributed by atoms with Crippen molar-refractivity contribution in [3.8, 4) is 0 Å². The van der Waals surface area contributed by atoms with Gasteiger partial charge in [-0.15, -0.1) is 0 Å². The lowest BCUT2D eigenvalue weighted by Gasteiger charge is -2.51. The van der Waals surface area contributed by atoms with Gasteiger partial charge in [-0.05, 0) is 18.3 Å². The topological polar surface area (TPSA) is 55.5 Å². The van der Waals surface area contributed by atoms with E-state index in [0.717, 1.165) is 6.42 Å². The number of aliphatic hydroxyl groups is 1. The highest BCUT2D eigenvalue weighted by Crippen LogP contribution is 2.45. The highest BCUT2D eigenvalue weighted by Gasteiger charge is 2.49. The number of aliphatic hydroxyl groups excluding tert-OH is 1. The van der Waals surface area contributed by atoms with Crippen molar-refractivity contribution in [3.63, 3.8) is 0 Å². The van der Waals surface area contributed by atoms with Gasteiger partial charge in [-0.25, -0.2) is 0 Å². The number of hydrogen-bond acceptors (Lipinski definition) is 3. The standard InChI is InChI=1S/C9H19NO2/c1-7-5-9(6-10,8(7)2)12-4-3-11/h7-8,11H,3-6,10H2,1-2H3. The maximum absolute atomic E-state index is 8.63. The second-order valence-corrected chi connectivity index (χ2v) is 3.81. The van der Waals surface area contributed by atoms with Gasteiger partial charge in [0.15, 0.2) is 0 Å². The molecule has 1 rings (SSSR count). The molecule has 3 heteroatoms. The molecule has 1 saturated carbocycles. The van der Waals surface area contributed by atoms with E-state index in [2.05, 4.69) is 13.8 Å². The van der Waals surface area contributed by atoms with Gasteiger partial charge in [0.2, 0.25) is 0 Å². The van der Waals surface area contributed by atoms with Crippen LogP contribution in [0.4, 0.5) is 0 Å². The van der Waals surface area contributed by atoms with Crippen molar-refractivity contribution in [2.75, 3.05) is 19.8 Å². The molecule has 0 aliphatic heterocycles. The highest BCUT2D eigenvalue weighted by molar-refractivity contribution is 5.00. The van der Waals surface area contributed by atoms with Crippen LogP contribution in [0.1, 0.15) is 20.3 Å². The van der Waals surface area contributed by atoms with Crippen molar-refractivity contribution in [1.29, 1.82) is 0 Å². The molecule has 0 aromatic rings. The minimum absolute atomic E-state index is 0.0862. The first-order valence-electron chi connectivity index (χ1n) is 4.61. The van der Waals surface area contributed by atoms with Gasteiger partial charge >= 0.3 is 0 Å². The summed E-state index contributed by atoms with van der Waals surface area (Å²) in [6.45, 7) is 5.44. The minimum atomic E-state index is -0.137. The molecule has 0 aromatic heterocycles. The Kier molecular flexibility index (Phi) is 3.09. The van der Waals surface area contributed by atoms with Crippen LogP contribution in [0.25, 0.3) is 0 Å². The Morgan fingerprint density at radius 2 is 2.25 bits per heavy atom. The summed E-state index contributed by atoms with van der Waals surface area (Å²) in [5, 5.41) is 8.63. The van der Waals surface area contributed by atoms with E-state index < -0.39 is 0 Å². The summed E-state index contributed by atoms with van der Waals surface area (Å²) in [5.41, 5.74) is 5.52. The second kappa shape index (κ2) is 3.73. The summed E-state index contributed by atoms with van der Waals surface area (Å²) in [4.78, 5) is 0. The first kappa shape index (κ1) is 9.96. The Hall–Kier alpha value is -0.120. The SMILES string of the molecule is CC1CC(CN)(OCCO)C1C. The van der Waals surface area contributed by atoms with E-state index in [0.29, 0.717) is 25.0 Å². The Morgan fingerprint density at radius 1 is 1.58 bits per heavy atom. The van der Waals surface area contributed by atoms with E-state index in [1.807, 2.05) is 0 Å². The van der Waals surface area contributed by atoms with E-state index in [-0.39, 0.29) is 12.2 Å². The quantitative estimate of drug-likeness (QED) is 0.645. The number of hydrogen-bond donors (Lipinski definition) is 2. The van der Waals surface area contributed by atoms with E-state index >= 15 is 0 Å². The Balaban J connectivity index is 2.43. The van der Waals surface area contributed by atoms with Crippen LogP contribution in [0.3, 0.4) is 0 Å². The molecule has 0 heterocycles. The molecule has 1 aliphatic rings. The lowest BCUT2D eigenvalue weighted by Crippen LogP contribution is -2.58. The van der Waals surface area contributed by atoms with Crippen molar-refractivity contribution >= 4 is 0 Å². The van der Waals surface area contributed by atoms with Gasteiger partial charge < -0.3 is 15.6 Å². The molecule has 0 spiro atoms. The molecule has 1 fully saturated rings. The fourth-order valence-corrected chi connectivity index (χ4v) is 2.03. The molecule has 3 nitrogen and oxygen atoms in total. The summed E-state index contributed by atoms with van der Waals surface area (Å²) in [6.07, 6.45) is 1.03. The van der Waals surface area contributed by atoms with Crippen LogP contribution in [-0.4, -0.2) is 30.5 Å². The van der Waals surface area contributed by atoms with Gasteiger partial charge in [0.25, 0.3) is 0 Å². The maximum atomic E-state index is 8.63. The fraction of sp³-hybridized carbons (Fsp3) is 1.00. The average molecular weight is 173 g/mol. The highest BCUT2D eigenvalue weighted by atomic mass is 16.5. The predicted molar refractivity (Wildman–Crippen MR) is 47.8 cm³/mol. The van der Waals surface area contributed by atoms with E-state index in [1.54, 1.807) is 0 Å². The van der Waals surface area contributed by atoms with E-state index in [1.165, 1.54) is 0 Å². The first-order chi connectivity index (χ1) is 5.66. The van der Waals surface area contributed by atoms with Crippen LogP contribution < -0.4 is 5.73 Å². The van der Waals surface area contributed by atoms with Crippen molar-refractivity contribution in [2.45, 2.75) is 25.9 Å². The molecular formula is C9H19NO2. The molecule has 0 amide bonds. The van der Waals surface area contributed by atoms with Gasteiger partial charge in [-0.2, -0.15) is 0 Å². The molecule has 0 radical (unpaired) electrons. The minimum Gasteiger partial charge on any atom is -0.394 e. The number of nitrogens with two attached hydrogens (primary N) is 1. The van der Waals surface area contributed by atoms with Gasteiger partial charge in [0, 0.05) is 6.54 Å². The third-order valence-electron chi connectivity index (χ3n) is 3.18. The summed E-state index contributed by atoms with van der Waals surface area (Å²) >= 11 is 0. The second-order valence-electron chi connectivity index (χ2n) is 3.81. The Morgan fingerprint density at radius 3 is 2.58 bits per heavy atom. The molecule has 72 valence electrons. The summed E-state index contributed by atoms with van der Waals surface area (Å²) < 4.78 is 5.57. The van der Waals surface area contributed by atoms with Crippen LogP contribution in [0.2, 0.25) is 0 Å². The van der Waals surface area contributed by atoms with Crippen molar-refractivity contribution in [3.05, 3.63) is 0 Å². The van der Waals surface area contributed by atoms with Crippen LogP contribution in [0, 0.1) is 11.8 Å². The van der Waals surface area contributed by atoms with E-state index in [4.69, 9.17) is 15.6 Å². The van der Waals surface area contributed by atoms with Gasteiger partial charge in [0.05, 0.1) is 18.8 Å². The molecule has 0 saturated heterocycles. The van der Waals surface area contributed by atoms with Crippen molar-refractivity contribution < 1.29 is 9.84 Å². The zero-order valence-electron chi connectivity index (χ0n) is 7.92. The van der Waals surface area contributed by atoms with Crippen molar-refractivity contribution in [1.82, 2.24) is 0 Å². The molecule has 3 unspecified atom stereocenters. The third kappa shape index (κ3) is 1.49. The number of rotatable bonds is 4. The number of ether oxygens (including phenoxy) is 1. The predicted octanol–water partition coefficient (Wildman–Crippen LogP) is 0.369. The smallest absolute Gasteiger partial charge is 0.0835 e. The maximum Gasteiger partial charge on any atom is 0.0835 e. The largest absolute Gasteiger partial charge is 0.394 e. The summed E-state index contributed by atoms with van der Waals surface area (Å²) in [5.74, 6) is 1.22. The molecular weight excluding hydrogens is 154 g/mol. The van der Waals surface area contributed by atoms with Crippen LogP contribution in [0.15, 0.2) is 0 Å². The molecule has 3 N–H and O–H groups in total. The fourth-order valence-electron chi connectivity index (χ4n) is 2.03. The molecule has 0 bridgehead atoms. The lowest BCUT2D eigenvalue weighted by atomic mass is 9.63. The van der Waals surface area contributed by atoms with Gasteiger partial charge in [-0.3, -0.25) is 0 Å². The van der Waals surface area contributed by atoms with Crippen LogP contribution in [0.5, 0.6) is 0 Å². The normalized spacial score (nSPS) is 41.0. The van der Waals surface area contributed by atoms with Crippen LogP contribution in [-0.2, 0) is 4.74 Å². The average Bonchev–Trinajstić information content (AvgIpc) is 2.11.